The van der Waals surface area contributed by atoms with E-state index < -0.39 is 0 Å². The Morgan fingerprint density at radius 3 is 2.86 bits per heavy atom. The number of aliphatic hydroxyl groups excluding tert-OH is 1. The lowest BCUT2D eigenvalue weighted by atomic mass is 9.84. The maximum atomic E-state index is 9.97. The molecule has 2 heteroatoms. The number of aryl methyl sites for hydroxylation is 1. The average Bonchev–Trinajstić information content (AvgIpc) is 2.14. The van der Waals surface area contributed by atoms with Gasteiger partial charge in [0.15, 0.2) is 0 Å². The summed E-state index contributed by atoms with van der Waals surface area (Å²) in [5.74, 6) is 0. The van der Waals surface area contributed by atoms with Crippen LogP contribution in [-0.4, -0.2) is 5.11 Å². The summed E-state index contributed by atoms with van der Waals surface area (Å²) in [6, 6.07) is 2.16. The van der Waals surface area contributed by atoms with E-state index in [-0.39, 0.29) is 6.10 Å². The van der Waals surface area contributed by atoms with Gasteiger partial charge in [0.1, 0.15) is 0 Å². The van der Waals surface area contributed by atoms with E-state index in [2.05, 4.69) is 35.8 Å². The van der Waals surface area contributed by atoms with E-state index in [1.54, 1.807) is 0 Å². The average molecular weight is 255 g/mol. The van der Waals surface area contributed by atoms with Gasteiger partial charge in [-0.1, -0.05) is 15.9 Å². The summed E-state index contributed by atoms with van der Waals surface area (Å²) in [6.45, 7) is 4.21. The molecule has 0 saturated carbocycles. The second-order valence-electron chi connectivity index (χ2n) is 4.10. The molecule has 1 nitrogen and oxygen atoms in total. The first-order valence-corrected chi connectivity index (χ1v) is 5.87. The fraction of sp³-hybridized carbons (Fsp3) is 0.500. The summed E-state index contributed by atoms with van der Waals surface area (Å²) in [4.78, 5) is 0. The number of hydrogen-bond donors (Lipinski definition) is 1. The lowest BCUT2D eigenvalue weighted by Gasteiger charge is -2.25. The first-order chi connectivity index (χ1) is 6.61. The summed E-state index contributed by atoms with van der Waals surface area (Å²) >= 11 is 3.54. The third-order valence-corrected chi connectivity index (χ3v) is 3.97. The molecule has 1 aliphatic carbocycles. The van der Waals surface area contributed by atoms with E-state index in [9.17, 15) is 5.11 Å². The highest BCUT2D eigenvalue weighted by Crippen LogP contribution is 2.37. The Morgan fingerprint density at radius 2 is 2.14 bits per heavy atom. The van der Waals surface area contributed by atoms with Gasteiger partial charge in [-0.2, -0.15) is 0 Å². The van der Waals surface area contributed by atoms with Gasteiger partial charge in [-0.25, -0.2) is 0 Å². The molecule has 0 amide bonds. The highest BCUT2D eigenvalue weighted by atomic mass is 79.9. The van der Waals surface area contributed by atoms with E-state index in [4.69, 9.17) is 0 Å². The van der Waals surface area contributed by atoms with Crippen molar-refractivity contribution < 1.29 is 5.11 Å². The Hall–Kier alpha value is -0.340. The van der Waals surface area contributed by atoms with Crippen molar-refractivity contribution in [3.63, 3.8) is 0 Å². The monoisotopic (exact) mass is 254 g/mol. The Kier molecular flexibility index (Phi) is 2.67. The summed E-state index contributed by atoms with van der Waals surface area (Å²) in [7, 11) is 0. The van der Waals surface area contributed by atoms with Crippen LogP contribution in [0.2, 0.25) is 0 Å². The van der Waals surface area contributed by atoms with Crippen molar-refractivity contribution in [3.8, 4) is 0 Å². The number of halogens is 1. The summed E-state index contributed by atoms with van der Waals surface area (Å²) in [5, 5.41) is 9.97. The SMILES string of the molecule is Cc1cc(Br)c(C)c2c1CCC[C@@H]2O. The van der Waals surface area contributed by atoms with Crippen LogP contribution in [0.4, 0.5) is 0 Å². The summed E-state index contributed by atoms with van der Waals surface area (Å²) in [5.41, 5.74) is 5.04. The standard InChI is InChI=1S/C12H15BrO/c1-7-6-10(13)8(2)12-9(7)4-3-5-11(12)14/h6,11,14H,3-5H2,1-2H3/t11-/m0/s1. The molecule has 0 saturated heterocycles. The van der Waals surface area contributed by atoms with E-state index in [1.807, 2.05) is 0 Å². The van der Waals surface area contributed by atoms with Crippen LogP contribution < -0.4 is 0 Å². The zero-order valence-electron chi connectivity index (χ0n) is 8.60. The third kappa shape index (κ3) is 1.51. The number of benzene rings is 1. The topological polar surface area (TPSA) is 20.2 Å². The molecule has 2 rings (SSSR count). The largest absolute Gasteiger partial charge is 0.388 e. The second kappa shape index (κ2) is 3.67. The van der Waals surface area contributed by atoms with Crippen LogP contribution in [0.1, 0.15) is 41.2 Å². The first kappa shape index (κ1) is 10.2. The summed E-state index contributed by atoms with van der Waals surface area (Å²) in [6.07, 6.45) is 2.88. The minimum atomic E-state index is -0.255. The van der Waals surface area contributed by atoms with Gasteiger partial charge in [0.2, 0.25) is 0 Å². The van der Waals surface area contributed by atoms with Crippen LogP contribution in [0.25, 0.3) is 0 Å². The molecule has 1 N–H and O–H groups in total. The molecule has 0 aliphatic heterocycles. The minimum absolute atomic E-state index is 0.255. The number of aliphatic hydroxyl groups is 1. The van der Waals surface area contributed by atoms with Crippen molar-refractivity contribution in [3.05, 3.63) is 32.8 Å². The van der Waals surface area contributed by atoms with E-state index in [0.29, 0.717) is 0 Å². The molecule has 0 radical (unpaired) electrons. The lowest BCUT2D eigenvalue weighted by molar-refractivity contribution is 0.155. The molecule has 1 atom stereocenters. The Balaban J connectivity index is 2.67. The maximum absolute atomic E-state index is 9.97. The molecule has 0 spiro atoms. The van der Waals surface area contributed by atoms with Crippen LogP contribution in [0, 0.1) is 13.8 Å². The number of hydrogen-bond acceptors (Lipinski definition) is 1. The van der Waals surface area contributed by atoms with Crippen LogP contribution in [-0.2, 0) is 6.42 Å². The third-order valence-electron chi connectivity index (χ3n) is 3.14. The van der Waals surface area contributed by atoms with Gasteiger partial charge in [0.05, 0.1) is 6.10 Å². The van der Waals surface area contributed by atoms with Gasteiger partial charge in [0.25, 0.3) is 0 Å². The molecule has 0 bridgehead atoms. The Bertz CT molecular complexity index is 371. The van der Waals surface area contributed by atoms with Gasteiger partial charge < -0.3 is 5.11 Å². The first-order valence-electron chi connectivity index (χ1n) is 5.08. The smallest absolute Gasteiger partial charge is 0.0795 e. The van der Waals surface area contributed by atoms with Gasteiger partial charge >= 0.3 is 0 Å². The molecule has 1 aromatic rings. The van der Waals surface area contributed by atoms with Gasteiger partial charge in [0, 0.05) is 4.47 Å². The Labute approximate surface area is 93.3 Å². The highest BCUT2D eigenvalue weighted by Gasteiger charge is 2.22. The normalized spacial score (nSPS) is 20.7. The van der Waals surface area contributed by atoms with Crippen molar-refractivity contribution in [1.82, 2.24) is 0 Å². The predicted octanol–water partition coefficient (Wildman–Crippen LogP) is 3.44. The molecule has 0 fully saturated rings. The molecule has 0 aromatic heterocycles. The predicted molar refractivity (Wildman–Crippen MR) is 61.5 cm³/mol. The fourth-order valence-corrected chi connectivity index (χ4v) is 2.91. The van der Waals surface area contributed by atoms with Crippen LogP contribution in [0.5, 0.6) is 0 Å². The van der Waals surface area contributed by atoms with Crippen LogP contribution in [0.15, 0.2) is 10.5 Å². The quantitative estimate of drug-likeness (QED) is 0.752. The second-order valence-corrected chi connectivity index (χ2v) is 4.95. The summed E-state index contributed by atoms with van der Waals surface area (Å²) < 4.78 is 1.12. The lowest BCUT2D eigenvalue weighted by Crippen LogP contribution is -2.12. The Morgan fingerprint density at radius 1 is 1.43 bits per heavy atom. The molecule has 1 aliphatic rings. The molecule has 0 heterocycles. The van der Waals surface area contributed by atoms with E-state index in [1.165, 1.54) is 22.3 Å². The van der Waals surface area contributed by atoms with Crippen LogP contribution >= 0.6 is 15.9 Å². The van der Waals surface area contributed by atoms with Crippen molar-refractivity contribution >= 4 is 15.9 Å². The van der Waals surface area contributed by atoms with Gasteiger partial charge in [-0.3, -0.25) is 0 Å². The van der Waals surface area contributed by atoms with Crippen molar-refractivity contribution in [2.45, 2.75) is 39.2 Å². The van der Waals surface area contributed by atoms with Crippen molar-refractivity contribution in [2.24, 2.45) is 0 Å². The van der Waals surface area contributed by atoms with Gasteiger partial charge in [-0.15, -0.1) is 0 Å². The van der Waals surface area contributed by atoms with Gasteiger partial charge in [-0.05, 0) is 61.4 Å². The molecular weight excluding hydrogens is 240 g/mol. The molecule has 76 valence electrons. The molecule has 14 heavy (non-hydrogen) atoms. The van der Waals surface area contributed by atoms with Crippen molar-refractivity contribution in [2.75, 3.05) is 0 Å². The number of fused-ring (bicyclic) bond motifs is 1. The van der Waals surface area contributed by atoms with Crippen LogP contribution in [0.3, 0.4) is 0 Å². The molecular formula is C12H15BrO. The maximum Gasteiger partial charge on any atom is 0.0795 e. The zero-order valence-corrected chi connectivity index (χ0v) is 10.2. The molecule has 1 aromatic carbocycles. The minimum Gasteiger partial charge on any atom is -0.388 e. The van der Waals surface area contributed by atoms with E-state index >= 15 is 0 Å². The number of rotatable bonds is 0. The fourth-order valence-electron chi connectivity index (χ4n) is 2.35. The van der Waals surface area contributed by atoms with E-state index in [0.717, 1.165) is 23.7 Å². The van der Waals surface area contributed by atoms with Crippen molar-refractivity contribution in [1.29, 1.82) is 0 Å². The molecule has 0 unspecified atom stereocenters. The highest BCUT2D eigenvalue weighted by molar-refractivity contribution is 9.10. The zero-order chi connectivity index (χ0) is 10.3.